The fourth-order valence-corrected chi connectivity index (χ4v) is 3.18. The quantitative estimate of drug-likeness (QED) is 0.497. The Morgan fingerprint density at radius 2 is 2.11 bits per heavy atom. The van der Waals surface area contributed by atoms with Crippen LogP contribution in [0.15, 0.2) is 18.2 Å². The minimum absolute atomic E-state index is 0.120. The Kier molecular flexibility index (Phi) is 5.13. The van der Waals surface area contributed by atoms with E-state index in [1.807, 2.05) is 0 Å². The summed E-state index contributed by atoms with van der Waals surface area (Å²) in [6, 6.07) is 4.20. The third kappa shape index (κ3) is 4.68. The average Bonchev–Trinajstić information content (AvgIpc) is 2.30. The van der Waals surface area contributed by atoms with Crippen molar-refractivity contribution in [3.05, 3.63) is 33.9 Å². The number of hydrogen-bond donors (Lipinski definition) is 1. The molecule has 0 aliphatic rings. The molecule has 0 heterocycles. The summed E-state index contributed by atoms with van der Waals surface area (Å²) in [4.78, 5) is 10.2. The van der Waals surface area contributed by atoms with Crippen molar-refractivity contribution in [2.24, 2.45) is 5.92 Å². The van der Waals surface area contributed by atoms with E-state index >= 15 is 0 Å². The molecule has 0 bridgehead atoms. The zero-order chi connectivity index (χ0) is 14.6. The van der Waals surface area contributed by atoms with E-state index in [0.717, 1.165) is 0 Å². The van der Waals surface area contributed by atoms with E-state index in [1.165, 1.54) is 18.2 Å². The molecule has 1 unspecified atom stereocenters. The number of halogens is 1. The largest absolute Gasteiger partial charge is 0.283 e. The van der Waals surface area contributed by atoms with Crippen LogP contribution in [-0.4, -0.2) is 25.0 Å². The van der Waals surface area contributed by atoms with Gasteiger partial charge in [-0.3, -0.25) is 14.8 Å². The molecule has 19 heavy (non-hydrogen) atoms. The Labute approximate surface area is 117 Å². The van der Waals surface area contributed by atoms with Crippen LogP contribution < -0.4 is 4.72 Å². The smallest absolute Gasteiger partial charge is 0.274 e. The van der Waals surface area contributed by atoms with Crippen LogP contribution in [0.4, 0.5) is 11.4 Å². The van der Waals surface area contributed by atoms with Crippen LogP contribution in [0.2, 0.25) is 0 Å². The molecular formula is C11H15ClN2O4S. The van der Waals surface area contributed by atoms with Crippen molar-refractivity contribution in [1.82, 2.24) is 0 Å². The normalized spacial score (nSPS) is 13.0. The van der Waals surface area contributed by atoms with Gasteiger partial charge in [0.1, 0.15) is 0 Å². The number of hydrogen-bond acceptors (Lipinski definition) is 4. The maximum atomic E-state index is 11.8. The van der Waals surface area contributed by atoms with Crippen LogP contribution in [0.25, 0.3) is 0 Å². The third-order valence-corrected chi connectivity index (χ3v) is 4.53. The lowest BCUT2D eigenvalue weighted by Crippen LogP contribution is -2.22. The van der Waals surface area contributed by atoms with Crippen molar-refractivity contribution < 1.29 is 13.3 Å². The van der Waals surface area contributed by atoms with E-state index in [1.54, 1.807) is 13.8 Å². The SMILES string of the molecule is Cc1ccc(NS(=O)(=O)CC(C)CCl)cc1[N+](=O)[O-]. The Morgan fingerprint density at radius 1 is 1.47 bits per heavy atom. The number of aryl methyl sites for hydroxylation is 1. The highest BCUT2D eigenvalue weighted by molar-refractivity contribution is 7.92. The van der Waals surface area contributed by atoms with Gasteiger partial charge in [-0.15, -0.1) is 11.6 Å². The average molecular weight is 307 g/mol. The zero-order valence-corrected chi connectivity index (χ0v) is 12.2. The lowest BCUT2D eigenvalue weighted by molar-refractivity contribution is -0.385. The van der Waals surface area contributed by atoms with Crippen LogP contribution >= 0.6 is 11.6 Å². The first-order valence-electron chi connectivity index (χ1n) is 5.56. The molecule has 0 aliphatic heterocycles. The zero-order valence-electron chi connectivity index (χ0n) is 10.6. The van der Waals surface area contributed by atoms with Gasteiger partial charge in [0.15, 0.2) is 0 Å². The second-order valence-corrected chi connectivity index (χ2v) is 6.48. The fraction of sp³-hybridized carbons (Fsp3) is 0.455. The molecule has 1 N–H and O–H groups in total. The molecule has 0 saturated heterocycles. The van der Waals surface area contributed by atoms with Gasteiger partial charge in [-0.1, -0.05) is 13.0 Å². The molecule has 0 saturated carbocycles. The van der Waals surface area contributed by atoms with Crippen molar-refractivity contribution in [2.45, 2.75) is 13.8 Å². The molecule has 106 valence electrons. The van der Waals surface area contributed by atoms with E-state index in [-0.39, 0.29) is 28.9 Å². The topological polar surface area (TPSA) is 89.3 Å². The number of benzene rings is 1. The molecule has 0 spiro atoms. The summed E-state index contributed by atoms with van der Waals surface area (Å²) in [6.07, 6.45) is 0. The van der Waals surface area contributed by atoms with Crippen LogP contribution in [0, 0.1) is 23.0 Å². The molecular weight excluding hydrogens is 292 g/mol. The predicted octanol–water partition coefficient (Wildman–Crippen LogP) is 2.52. The van der Waals surface area contributed by atoms with Gasteiger partial charge in [0.25, 0.3) is 5.69 Å². The lowest BCUT2D eigenvalue weighted by Gasteiger charge is -2.11. The molecule has 0 fully saturated rings. The van der Waals surface area contributed by atoms with Crippen LogP contribution in [0.3, 0.4) is 0 Å². The number of alkyl halides is 1. The highest BCUT2D eigenvalue weighted by Gasteiger charge is 2.17. The summed E-state index contributed by atoms with van der Waals surface area (Å²) in [5.41, 5.74) is 0.534. The van der Waals surface area contributed by atoms with Crippen molar-refractivity contribution in [3.8, 4) is 0 Å². The summed E-state index contributed by atoms with van der Waals surface area (Å²) in [6.45, 7) is 3.30. The van der Waals surface area contributed by atoms with Crippen LogP contribution in [-0.2, 0) is 10.0 Å². The summed E-state index contributed by atoms with van der Waals surface area (Å²) in [5.74, 6) is -0.0905. The molecule has 0 amide bonds. The number of nitro benzene ring substituents is 1. The highest BCUT2D eigenvalue weighted by atomic mass is 35.5. The molecule has 0 aromatic heterocycles. The maximum Gasteiger partial charge on any atom is 0.274 e. The van der Waals surface area contributed by atoms with Crippen molar-refractivity contribution >= 4 is 33.0 Å². The minimum Gasteiger partial charge on any atom is -0.283 e. The number of nitrogens with zero attached hydrogens (tertiary/aromatic N) is 1. The number of nitro groups is 1. The first-order chi connectivity index (χ1) is 8.75. The summed E-state index contributed by atoms with van der Waals surface area (Å²) >= 11 is 5.57. The Balaban J connectivity index is 2.94. The van der Waals surface area contributed by atoms with Gasteiger partial charge in [-0.05, 0) is 18.9 Å². The lowest BCUT2D eigenvalue weighted by atomic mass is 10.2. The third-order valence-electron chi connectivity index (χ3n) is 2.45. The summed E-state index contributed by atoms with van der Waals surface area (Å²) < 4.78 is 25.9. The number of nitrogens with one attached hydrogen (secondary N) is 1. The van der Waals surface area contributed by atoms with Gasteiger partial charge in [-0.25, -0.2) is 8.42 Å². The number of anilines is 1. The molecule has 8 heteroatoms. The van der Waals surface area contributed by atoms with Crippen LogP contribution in [0.5, 0.6) is 0 Å². The van der Waals surface area contributed by atoms with E-state index in [4.69, 9.17) is 11.6 Å². The second-order valence-electron chi connectivity index (χ2n) is 4.40. The maximum absolute atomic E-state index is 11.8. The second kappa shape index (κ2) is 6.21. The van der Waals surface area contributed by atoms with Gasteiger partial charge in [0.05, 0.1) is 16.4 Å². The molecule has 6 nitrogen and oxygen atoms in total. The van der Waals surface area contributed by atoms with Crippen molar-refractivity contribution in [2.75, 3.05) is 16.4 Å². The standard InChI is InChI=1S/C11H15ClN2O4S/c1-8(6-12)7-19(17,18)13-10-4-3-9(2)11(5-10)14(15)16/h3-5,8,13H,6-7H2,1-2H3. The monoisotopic (exact) mass is 306 g/mol. The number of sulfonamides is 1. The van der Waals surface area contributed by atoms with E-state index < -0.39 is 14.9 Å². The van der Waals surface area contributed by atoms with E-state index in [0.29, 0.717) is 5.56 Å². The van der Waals surface area contributed by atoms with Crippen molar-refractivity contribution in [3.63, 3.8) is 0 Å². The van der Waals surface area contributed by atoms with Gasteiger partial charge in [-0.2, -0.15) is 0 Å². The molecule has 1 rings (SSSR count). The van der Waals surface area contributed by atoms with Gasteiger partial charge in [0, 0.05) is 17.5 Å². The summed E-state index contributed by atoms with van der Waals surface area (Å²) in [5, 5.41) is 10.8. The molecule has 0 aliphatic carbocycles. The van der Waals surface area contributed by atoms with E-state index in [2.05, 4.69) is 4.72 Å². The van der Waals surface area contributed by atoms with Gasteiger partial charge in [0.2, 0.25) is 10.0 Å². The van der Waals surface area contributed by atoms with Crippen LogP contribution in [0.1, 0.15) is 12.5 Å². The molecule has 0 radical (unpaired) electrons. The summed E-state index contributed by atoms with van der Waals surface area (Å²) in [7, 11) is -3.56. The first kappa shape index (κ1) is 15.7. The Bertz CT molecular complexity index is 574. The van der Waals surface area contributed by atoms with E-state index in [9.17, 15) is 18.5 Å². The fourth-order valence-electron chi connectivity index (χ4n) is 1.51. The molecule has 1 atom stereocenters. The predicted molar refractivity (Wildman–Crippen MR) is 75.1 cm³/mol. The minimum atomic E-state index is -3.56. The van der Waals surface area contributed by atoms with Gasteiger partial charge >= 0.3 is 0 Å². The Morgan fingerprint density at radius 3 is 2.63 bits per heavy atom. The molecule has 1 aromatic rings. The number of rotatable bonds is 6. The van der Waals surface area contributed by atoms with Gasteiger partial charge < -0.3 is 0 Å². The molecule has 1 aromatic carbocycles. The first-order valence-corrected chi connectivity index (χ1v) is 7.75. The Hall–Kier alpha value is -1.34. The highest BCUT2D eigenvalue weighted by Crippen LogP contribution is 2.23. The van der Waals surface area contributed by atoms with Crippen molar-refractivity contribution in [1.29, 1.82) is 0 Å².